The molecule has 0 saturated heterocycles. The number of nitrogens with two attached hydrogens (primary N) is 1. The molecule has 1 atom stereocenters. The van der Waals surface area contributed by atoms with E-state index in [2.05, 4.69) is 0 Å². The molecule has 0 fully saturated rings. The van der Waals surface area contributed by atoms with Crippen molar-refractivity contribution in [3.05, 3.63) is 20.3 Å². The molecule has 1 rings (SSSR count). The van der Waals surface area contributed by atoms with Crippen molar-refractivity contribution in [2.24, 2.45) is 5.73 Å². The summed E-state index contributed by atoms with van der Waals surface area (Å²) in [6.07, 6.45) is 0. The highest BCUT2D eigenvalue weighted by Gasteiger charge is 2.13. The molecule has 0 spiro atoms. The monoisotopic (exact) mass is 206 g/mol. The Balaban J connectivity index is 3.07. The number of rotatable bonds is 1. The summed E-state index contributed by atoms with van der Waals surface area (Å²) >= 11 is 12.7. The smallest absolute Gasteiger partial charge is 0.129 e. The molecule has 0 aromatic carbocycles. The van der Waals surface area contributed by atoms with E-state index in [1.807, 2.05) is 6.07 Å². The fraction of sp³-hybridized carbons (Fsp3) is 0.167. The van der Waals surface area contributed by atoms with Gasteiger partial charge < -0.3 is 5.73 Å². The molecule has 1 unspecified atom stereocenters. The van der Waals surface area contributed by atoms with Crippen LogP contribution in [0.15, 0.2) is 5.38 Å². The minimum atomic E-state index is -0.667. The van der Waals surface area contributed by atoms with Crippen molar-refractivity contribution >= 4 is 34.5 Å². The number of hydrogen-bond acceptors (Lipinski definition) is 3. The van der Waals surface area contributed by atoms with E-state index in [0.717, 1.165) is 0 Å². The summed E-state index contributed by atoms with van der Waals surface area (Å²) in [5.41, 5.74) is 5.41. The Hall–Kier alpha value is -0.270. The van der Waals surface area contributed by atoms with E-state index in [4.69, 9.17) is 34.2 Å². The molecule has 58 valence electrons. The summed E-state index contributed by atoms with van der Waals surface area (Å²) in [4.78, 5) is 0.624. The topological polar surface area (TPSA) is 49.8 Å². The molecule has 11 heavy (non-hydrogen) atoms. The van der Waals surface area contributed by atoms with E-state index in [0.29, 0.717) is 14.9 Å². The van der Waals surface area contributed by atoms with Gasteiger partial charge in [-0.1, -0.05) is 23.2 Å². The van der Waals surface area contributed by atoms with Gasteiger partial charge in [0, 0.05) is 5.38 Å². The lowest BCUT2D eigenvalue weighted by Gasteiger charge is -1.97. The molecular weight excluding hydrogens is 203 g/mol. The van der Waals surface area contributed by atoms with Crippen molar-refractivity contribution in [1.82, 2.24) is 0 Å². The lowest BCUT2D eigenvalue weighted by atomic mass is 10.3. The predicted octanol–water partition coefficient (Wildman–Crippen LogP) is 2.58. The maximum absolute atomic E-state index is 8.45. The zero-order valence-electron chi connectivity index (χ0n) is 5.34. The van der Waals surface area contributed by atoms with Gasteiger partial charge in [0.25, 0.3) is 0 Å². The average molecular weight is 207 g/mol. The van der Waals surface area contributed by atoms with E-state index < -0.39 is 6.04 Å². The minimum Gasteiger partial charge on any atom is -0.311 e. The fourth-order valence-corrected chi connectivity index (χ4v) is 2.03. The van der Waals surface area contributed by atoms with E-state index in [9.17, 15) is 0 Å². The van der Waals surface area contributed by atoms with E-state index in [1.165, 1.54) is 11.3 Å². The van der Waals surface area contributed by atoms with Crippen LogP contribution >= 0.6 is 34.5 Å². The fourth-order valence-electron chi connectivity index (χ4n) is 0.605. The highest BCUT2D eigenvalue weighted by molar-refractivity contribution is 7.11. The molecule has 2 N–H and O–H groups in total. The third-order valence-electron chi connectivity index (χ3n) is 1.14. The molecule has 0 aliphatic carbocycles. The van der Waals surface area contributed by atoms with Crippen molar-refractivity contribution < 1.29 is 0 Å². The van der Waals surface area contributed by atoms with Gasteiger partial charge >= 0.3 is 0 Å². The second-order valence-corrected chi connectivity index (χ2v) is 3.57. The molecule has 0 bridgehead atoms. The highest BCUT2D eigenvalue weighted by Crippen LogP contribution is 2.34. The first kappa shape index (κ1) is 8.82. The molecular formula is C6H4Cl2N2S. The van der Waals surface area contributed by atoms with Gasteiger partial charge in [0.1, 0.15) is 6.04 Å². The van der Waals surface area contributed by atoms with Crippen LogP contribution in [0.25, 0.3) is 0 Å². The van der Waals surface area contributed by atoms with Crippen LogP contribution in [0.3, 0.4) is 0 Å². The number of halogens is 2. The quantitative estimate of drug-likeness (QED) is 0.769. The Labute approximate surface area is 78.1 Å². The van der Waals surface area contributed by atoms with Crippen LogP contribution in [-0.4, -0.2) is 0 Å². The van der Waals surface area contributed by atoms with Crippen molar-refractivity contribution in [3.63, 3.8) is 0 Å². The Kier molecular flexibility index (Phi) is 2.74. The van der Waals surface area contributed by atoms with Gasteiger partial charge in [-0.2, -0.15) is 5.26 Å². The summed E-state index contributed by atoms with van der Waals surface area (Å²) in [6, 6.07) is 1.21. The average Bonchev–Trinajstić information content (AvgIpc) is 2.32. The molecule has 2 nitrogen and oxygen atoms in total. The minimum absolute atomic E-state index is 0.394. The van der Waals surface area contributed by atoms with Crippen LogP contribution in [0.2, 0.25) is 10.0 Å². The number of thiophene rings is 1. The van der Waals surface area contributed by atoms with Gasteiger partial charge in [0.2, 0.25) is 0 Å². The Bertz CT molecular complexity index is 302. The van der Waals surface area contributed by atoms with E-state index >= 15 is 0 Å². The van der Waals surface area contributed by atoms with Crippen LogP contribution in [-0.2, 0) is 0 Å². The third-order valence-corrected chi connectivity index (χ3v) is 3.25. The SMILES string of the molecule is N#CC(N)c1scc(Cl)c1Cl. The summed E-state index contributed by atoms with van der Waals surface area (Å²) in [7, 11) is 0. The predicted molar refractivity (Wildman–Crippen MR) is 46.9 cm³/mol. The second kappa shape index (κ2) is 3.42. The van der Waals surface area contributed by atoms with Crippen molar-refractivity contribution in [2.45, 2.75) is 6.04 Å². The second-order valence-electron chi connectivity index (χ2n) is 1.87. The van der Waals surface area contributed by atoms with E-state index in [-0.39, 0.29) is 0 Å². The number of nitriles is 1. The molecule has 0 radical (unpaired) electrons. The Morgan fingerprint density at radius 1 is 1.64 bits per heavy atom. The van der Waals surface area contributed by atoms with Crippen LogP contribution in [0, 0.1) is 11.3 Å². The Morgan fingerprint density at radius 3 is 2.64 bits per heavy atom. The maximum atomic E-state index is 8.45. The van der Waals surface area contributed by atoms with Gasteiger partial charge in [-0.15, -0.1) is 11.3 Å². The first-order valence-electron chi connectivity index (χ1n) is 2.74. The van der Waals surface area contributed by atoms with Crippen LogP contribution in [0.1, 0.15) is 10.9 Å². The third kappa shape index (κ3) is 1.66. The molecule has 1 aromatic rings. The van der Waals surface area contributed by atoms with Gasteiger partial charge in [0.05, 0.1) is 21.0 Å². The molecule has 0 aliphatic rings. The number of hydrogen-bond donors (Lipinski definition) is 1. The van der Waals surface area contributed by atoms with Crippen LogP contribution < -0.4 is 5.73 Å². The zero-order chi connectivity index (χ0) is 8.43. The van der Waals surface area contributed by atoms with Crippen molar-refractivity contribution in [1.29, 1.82) is 5.26 Å². The first-order valence-corrected chi connectivity index (χ1v) is 4.38. The zero-order valence-corrected chi connectivity index (χ0v) is 7.67. The summed E-state index contributed by atoms with van der Waals surface area (Å²) in [5.74, 6) is 0. The Morgan fingerprint density at radius 2 is 2.27 bits per heavy atom. The summed E-state index contributed by atoms with van der Waals surface area (Å²) < 4.78 is 0. The maximum Gasteiger partial charge on any atom is 0.129 e. The number of nitrogens with zero attached hydrogens (tertiary/aromatic N) is 1. The molecule has 1 heterocycles. The highest BCUT2D eigenvalue weighted by atomic mass is 35.5. The lowest BCUT2D eigenvalue weighted by Crippen LogP contribution is -2.05. The van der Waals surface area contributed by atoms with E-state index in [1.54, 1.807) is 5.38 Å². The van der Waals surface area contributed by atoms with Crippen molar-refractivity contribution in [2.75, 3.05) is 0 Å². The lowest BCUT2D eigenvalue weighted by molar-refractivity contribution is 0.952. The normalized spacial score (nSPS) is 12.5. The molecule has 0 aliphatic heterocycles. The molecule has 5 heteroatoms. The standard InChI is InChI=1S/C6H4Cl2N2S/c7-3-2-11-6(5(3)8)4(10)1-9/h2,4H,10H2. The molecule has 1 aromatic heterocycles. The molecule has 0 amide bonds. The van der Waals surface area contributed by atoms with Gasteiger partial charge in [-0.05, 0) is 0 Å². The first-order chi connectivity index (χ1) is 5.16. The van der Waals surface area contributed by atoms with Crippen LogP contribution in [0.5, 0.6) is 0 Å². The summed E-state index contributed by atoms with van der Waals surface area (Å²) in [5, 5.41) is 11.0. The molecule has 0 saturated carbocycles. The van der Waals surface area contributed by atoms with Gasteiger partial charge in [-0.3, -0.25) is 0 Å². The van der Waals surface area contributed by atoms with Gasteiger partial charge in [0.15, 0.2) is 0 Å². The van der Waals surface area contributed by atoms with Crippen molar-refractivity contribution in [3.8, 4) is 6.07 Å². The van der Waals surface area contributed by atoms with Crippen LogP contribution in [0.4, 0.5) is 0 Å². The summed E-state index contributed by atoms with van der Waals surface area (Å²) in [6.45, 7) is 0. The van der Waals surface area contributed by atoms with Gasteiger partial charge in [-0.25, -0.2) is 0 Å². The largest absolute Gasteiger partial charge is 0.311 e.